The Bertz CT molecular complexity index is 2560. The van der Waals surface area contributed by atoms with Gasteiger partial charge in [0.25, 0.3) is 0 Å². The smallest absolute Gasteiger partial charge is 0.0638 e. The van der Waals surface area contributed by atoms with Gasteiger partial charge < -0.3 is 15.1 Å². The van der Waals surface area contributed by atoms with Gasteiger partial charge >= 0.3 is 0 Å². The second kappa shape index (κ2) is 22.0. The molecule has 3 heteroatoms. The second-order valence-corrected chi connectivity index (χ2v) is 20.9. The van der Waals surface area contributed by atoms with Crippen LogP contribution in [0, 0.1) is 5.92 Å². The van der Waals surface area contributed by atoms with Crippen molar-refractivity contribution in [3.8, 4) is 0 Å². The molecular formula is C65H80N3+. The Morgan fingerprint density at radius 3 is 1.09 bits per heavy atom. The largest absolute Gasteiger partial charge is 0.354 e. The lowest BCUT2D eigenvalue weighted by molar-refractivity contribution is 0.802. The van der Waals surface area contributed by atoms with Crippen LogP contribution in [0.15, 0.2) is 140 Å². The van der Waals surface area contributed by atoms with Crippen LogP contribution in [-0.4, -0.2) is 13.1 Å². The fourth-order valence-corrected chi connectivity index (χ4v) is 10.4. The highest BCUT2D eigenvalue weighted by atomic mass is 15.1. The number of hydrogen-bond donors (Lipinski definition) is 1. The SMILES string of the molecule is CCCN(c1ccc([C+](c2ccc(N(CCC)c3c(C(C)C)cccc3C(C)C)cc2)c2ccc(Nc3c(C(C)C)cccc3C(C)C)c3ccccc23)cc1)c1c(C(C)C)cccc1C(C)C. The lowest BCUT2D eigenvalue weighted by Crippen LogP contribution is -2.22. The Balaban J connectivity index is 1.41. The minimum Gasteiger partial charge on any atom is -0.354 e. The van der Waals surface area contributed by atoms with Gasteiger partial charge in [-0.1, -0.05) is 164 Å². The number of anilines is 6. The van der Waals surface area contributed by atoms with E-state index in [1.165, 1.54) is 95.2 Å². The number of fused-ring (bicyclic) bond motifs is 1. The van der Waals surface area contributed by atoms with Crippen LogP contribution in [0.2, 0.25) is 0 Å². The summed E-state index contributed by atoms with van der Waals surface area (Å²) >= 11 is 0. The lowest BCUT2D eigenvalue weighted by atomic mass is 9.82. The maximum absolute atomic E-state index is 4.02. The van der Waals surface area contributed by atoms with E-state index in [0.29, 0.717) is 35.5 Å². The van der Waals surface area contributed by atoms with Gasteiger partial charge in [0, 0.05) is 40.9 Å². The molecule has 0 spiro atoms. The van der Waals surface area contributed by atoms with Gasteiger partial charge in [-0.3, -0.25) is 0 Å². The van der Waals surface area contributed by atoms with Crippen molar-refractivity contribution in [2.45, 2.75) is 145 Å². The quantitative estimate of drug-likeness (QED) is 0.0644. The van der Waals surface area contributed by atoms with E-state index in [1.807, 2.05) is 0 Å². The maximum atomic E-state index is 4.02. The van der Waals surface area contributed by atoms with Crippen molar-refractivity contribution in [2.75, 3.05) is 28.2 Å². The minimum absolute atomic E-state index is 0.390. The van der Waals surface area contributed by atoms with E-state index in [-0.39, 0.29) is 0 Å². The molecule has 68 heavy (non-hydrogen) atoms. The van der Waals surface area contributed by atoms with Crippen molar-refractivity contribution in [3.05, 3.63) is 196 Å². The summed E-state index contributed by atoms with van der Waals surface area (Å²) in [5, 5.41) is 6.46. The van der Waals surface area contributed by atoms with Crippen LogP contribution in [0.3, 0.4) is 0 Å². The maximum Gasteiger partial charge on any atom is 0.0638 e. The van der Waals surface area contributed by atoms with E-state index in [9.17, 15) is 0 Å². The first-order chi connectivity index (χ1) is 32.7. The molecule has 0 unspecified atom stereocenters. The molecule has 0 bridgehead atoms. The van der Waals surface area contributed by atoms with Crippen molar-refractivity contribution in [2.24, 2.45) is 0 Å². The summed E-state index contributed by atoms with van der Waals surface area (Å²) < 4.78 is 0. The average molecular weight is 903 g/mol. The lowest BCUT2D eigenvalue weighted by Gasteiger charge is -2.32. The Morgan fingerprint density at radius 1 is 0.382 bits per heavy atom. The summed E-state index contributed by atoms with van der Waals surface area (Å²) in [6.07, 6.45) is 2.11. The molecule has 1 N–H and O–H groups in total. The molecule has 0 saturated carbocycles. The van der Waals surface area contributed by atoms with E-state index in [4.69, 9.17) is 0 Å². The van der Waals surface area contributed by atoms with Crippen molar-refractivity contribution in [3.63, 3.8) is 0 Å². The molecule has 0 aromatic heterocycles. The summed E-state index contributed by atoms with van der Waals surface area (Å²) in [6.45, 7) is 34.3. The van der Waals surface area contributed by atoms with Gasteiger partial charge in [0.15, 0.2) is 0 Å². The summed E-state index contributed by atoms with van der Waals surface area (Å²) in [5.41, 5.74) is 19.5. The first kappa shape index (κ1) is 50.0. The second-order valence-electron chi connectivity index (χ2n) is 20.9. The molecular weight excluding hydrogens is 823 g/mol. The van der Waals surface area contributed by atoms with Gasteiger partial charge in [0.1, 0.15) is 0 Å². The summed E-state index contributed by atoms with van der Waals surface area (Å²) in [6, 6.07) is 53.3. The van der Waals surface area contributed by atoms with Gasteiger partial charge in [-0.05, 0) is 155 Å². The van der Waals surface area contributed by atoms with Gasteiger partial charge in [-0.25, -0.2) is 0 Å². The Labute approximate surface area is 412 Å². The molecule has 0 amide bonds. The van der Waals surface area contributed by atoms with Crippen LogP contribution in [0.4, 0.5) is 34.1 Å². The van der Waals surface area contributed by atoms with E-state index in [1.54, 1.807) is 0 Å². The van der Waals surface area contributed by atoms with Crippen LogP contribution < -0.4 is 15.1 Å². The zero-order chi connectivity index (χ0) is 48.8. The van der Waals surface area contributed by atoms with Crippen LogP contribution in [0.25, 0.3) is 10.8 Å². The molecule has 0 aliphatic carbocycles. The van der Waals surface area contributed by atoms with Crippen molar-refractivity contribution >= 4 is 44.9 Å². The highest BCUT2D eigenvalue weighted by Gasteiger charge is 2.29. The standard InChI is InChI=1S/C65H80N3/c1-15-40-67(64-54(44(7)8)26-20-27-55(64)45(9)10)50-34-30-48(31-35-50)62(49-32-36-51(37-33-49)68(41-16-2)65-56(46(11)12)28-21-29-57(65)47(13)14)60-38-39-61(59-23-18-17-22-58(59)60)66-63-52(42(3)4)24-19-25-53(63)43(5)6/h17-39,42-47,66H,15-16,40-41H2,1-14H3/q+1. The fourth-order valence-electron chi connectivity index (χ4n) is 10.4. The zero-order valence-corrected chi connectivity index (χ0v) is 44.0. The molecule has 0 saturated heterocycles. The van der Waals surface area contributed by atoms with E-state index in [2.05, 4.69) is 252 Å². The Morgan fingerprint density at radius 2 is 0.735 bits per heavy atom. The predicted molar refractivity (Wildman–Crippen MR) is 299 cm³/mol. The number of rotatable bonds is 19. The van der Waals surface area contributed by atoms with Crippen LogP contribution >= 0.6 is 0 Å². The molecule has 7 aromatic carbocycles. The third-order valence-electron chi connectivity index (χ3n) is 13.9. The first-order valence-corrected chi connectivity index (χ1v) is 26.0. The average Bonchev–Trinajstić information content (AvgIpc) is 3.33. The third-order valence-corrected chi connectivity index (χ3v) is 13.9. The third kappa shape index (κ3) is 10.4. The summed E-state index contributed by atoms with van der Waals surface area (Å²) in [7, 11) is 0. The molecule has 7 rings (SSSR count). The van der Waals surface area contributed by atoms with E-state index >= 15 is 0 Å². The van der Waals surface area contributed by atoms with Crippen molar-refractivity contribution in [1.82, 2.24) is 0 Å². The van der Waals surface area contributed by atoms with Crippen LogP contribution in [0.5, 0.6) is 0 Å². The predicted octanol–water partition coefficient (Wildman–Crippen LogP) is 19.4. The highest BCUT2D eigenvalue weighted by Crippen LogP contribution is 2.45. The Kier molecular flexibility index (Phi) is 16.2. The summed E-state index contributed by atoms with van der Waals surface area (Å²) in [4.78, 5) is 5.17. The van der Waals surface area contributed by atoms with Crippen LogP contribution in [0.1, 0.15) is 195 Å². The number of nitrogens with zero attached hydrogens (tertiary/aromatic N) is 2. The van der Waals surface area contributed by atoms with Crippen molar-refractivity contribution in [1.29, 1.82) is 0 Å². The minimum atomic E-state index is 0.390. The number of para-hydroxylation sites is 3. The number of benzene rings is 7. The van der Waals surface area contributed by atoms with E-state index < -0.39 is 0 Å². The zero-order valence-electron chi connectivity index (χ0n) is 44.0. The molecule has 7 aromatic rings. The molecule has 3 nitrogen and oxygen atoms in total. The number of hydrogen-bond acceptors (Lipinski definition) is 3. The molecule has 0 radical (unpaired) electrons. The van der Waals surface area contributed by atoms with E-state index in [0.717, 1.165) is 31.6 Å². The molecule has 354 valence electrons. The van der Waals surface area contributed by atoms with Crippen LogP contribution in [-0.2, 0) is 0 Å². The Hall–Kier alpha value is -5.93. The highest BCUT2D eigenvalue weighted by molar-refractivity contribution is 6.00. The monoisotopic (exact) mass is 903 g/mol. The first-order valence-electron chi connectivity index (χ1n) is 26.0. The van der Waals surface area contributed by atoms with Gasteiger partial charge in [0.05, 0.1) is 39.7 Å². The van der Waals surface area contributed by atoms with Gasteiger partial charge in [-0.15, -0.1) is 0 Å². The van der Waals surface area contributed by atoms with Crippen molar-refractivity contribution < 1.29 is 0 Å². The molecule has 0 heterocycles. The molecule has 0 atom stereocenters. The fraction of sp³-hybridized carbons (Fsp3) is 0.369. The topological polar surface area (TPSA) is 18.5 Å². The normalized spacial score (nSPS) is 11.8. The van der Waals surface area contributed by atoms with Gasteiger partial charge in [0.2, 0.25) is 0 Å². The molecule has 0 aliphatic heterocycles. The molecule has 0 aliphatic rings. The number of nitrogens with one attached hydrogen (secondary N) is 1. The summed E-state index contributed by atoms with van der Waals surface area (Å²) in [5.74, 6) is 3.66. The van der Waals surface area contributed by atoms with Gasteiger partial charge in [-0.2, -0.15) is 0 Å². The molecule has 0 fully saturated rings.